The molecule has 0 aliphatic carbocycles. The van der Waals surface area contributed by atoms with E-state index < -0.39 is 18.2 Å². The topological polar surface area (TPSA) is 126 Å². The van der Waals surface area contributed by atoms with Gasteiger partial charge in [0.1, 0.15) is 17.8 Å². The molecule has 2 atom stereocenters. The van der Waals surface area contributed by atoms with E-state index in [0.717, 1.165) is 0 Å². The molecule has 4 aromatic rings. The predicted molar refractivity (Wildman–Crippen MR) is 127 cm³/mol. The number of aliphatic hydroxyl groups excluding tert-OH is 1. The lowest BCUT2D eigenvalue weighted by Gasteiger charge is -2.33. The highest BCUT2D eigenvalue weighted by Gasteiger charge is 2.42. The lowest BCUT2D eigenvalue weighted by molar-refractivity contribution is -0.129. The third-order valence-corrected chi connectivity index (χ3v) is 7.10. The Morgan fingerprint density at radius 1 is 1.16 bits per heavy atom. The van der Waals surface area contributed by atoms with E-state index in [9.17, 15) is 14.3 Å². The van der Waals surface area contributed by atoms with Crippen LogP contribution in [0.1, 0.15) is 42.4 Å². The number of hydrogen-bond donors (Lipinski definition) is 2. The second kappa shape index (κ2) is 9.12. The van der Waals surface area contributed by atoms with Gasteiger partial charge in [0.15, 0.2) is 11.6 Å². The summed E-state index contributed by atoms with van der Waals surface area (Å²) in [6.45, 7) is -0.524. The number of hydrogen-bond acceptors (Lipinski definition) is 7. The summed E-state index contributed by atoms with van der Waals surface area (Å²) in [7, 11) is 0. The maximum Gasteiger partial charge on any atom is 0.247 e. The van der Waals surface area contributed by atoms with E-state index in [1.165, 1.54) is 41.6 Å². The minimum absolute atomic E-state index is 0.0623. The maximum absolute atomic E-state index is 15.3. The largest absolute Gasteiger partial charge is 0.390 e. The lowest BCUT2D eigenvalue weighted by Crippen LogP contribution is -2.39. The van der Waals surface area contributed by atoms with Crippen molar-refractivity contribution in [3.63, 3.8) is 0 Å². The zero-order valence-electron chi connectivity index (χ0n) is 19.1. The molecule has 1 unspecified atom stereocenters. The number of amides is 1. The Bertz CT molecular complexity index is 1540. The van der Waals surface area contributed by atoms with Crippen LogP contribution in [0.4, 0.5) is 8.78 Å². The molecule has 2 aliphatic heterocycles. The molecule has 0 radical (unpaired) electrons. The predicted octanol–water partition coefficient (Wildman–Crippen LogP) is 3.39. The van der Waals surface area contributed by atoms with Crippen molar-refractivity contribution in [2.45, 2.75) is 38.0 Å². The normalized spacial score (nSPS) is 19.3. The van der Waals surface area contributed by atoms with E-state index in [1.54, 1.807) is 11.0 Å². The Morgan fingerprint density at radius 3 is 2.81 bits per heavy atom. The number of fused-ring (bicyclic) bond motifs is 1. The molecule has 1 aromatic carbocycles. The Morgan fingerprint density at radius 2 is 2.03 bits per heavy atom. The van der Waals surface area contributed by atoms with Crippen LogP contribution in [0.3, 0.4) is 0 Å². The zero-order chi connectivity index (χ0) is 25.7. The van der Waals surface area contributed by atoms with Crippen LogP contribution in [0.2, 0.25) is 5.02 Å². The number of aromatic amines is 1. The molecule has 188 valence electrons. The van der Waals surface area contributed by atoms with E-state index in [4.69, 9.17) is 11.6 Å². The van der Waals surface area contributed by atoms with Crippen molar-refractivity contribution < 1.29 is 18.7 Å². The van der Waals surface area contributed by atoms with Crippen molar-refractivity contribution in [1.29, 1.82) is 0 Å². The summed E-state index contributed by atoms with van der Waals surface area (Å²) in [5.41, 5.74) is 1.66. The molecule has 1 saturated heterocycles. The summed E-state index contributed by atoms with van der Waals surface area (Å²) in [5, 5.41) is 20.3. The molecule has 3 aromatic heterocycles. The number of halogens is 3. The van der Waals surface area contributed by atoms with Crippen LogP contribution in [-0.2, 0) is 11.4 Å². The van der Waals surface area contributed by atoms with E-state index in [1.807, 2.05) is 0 Å². The number of carbonyl (C=O) groups excluding carboxylic acids is 1. The quantitative estimate of drug-likeness (QED) is 0.410. The molecule has 6 rings (SSSR count). The van der Waals surface area contributed by atoms with Gasteiger partial charge in [-0.3, -0.25) is 9.78 Å². The maximum atomic E-state index is 15.3. The van der Waals surface area contributed by atoms with Crippen LogP contribution in [0.15, 0.2) is 43.0 Å². The first-order valence-corrected chi connectivity index (χ1v) is 11.9. The van der Waals surface area contributed by atoms with Crippen LogP contribution >= 0.6 is 11.6 Å². The van der Waals surface area contributed by atoms with Gasteiger partial charge in [-0.05, 0) is 53.5 Å². The van der Waals surface area contributed by atoms with Gasteiger partial charge in [0, 0.05) is 29.4 Å². The number of tetrazole rings is 1. The van der Waals surface area contributed by atoms with Gasteiger partial charge in [-0.15, -0.1) is 5.10 Å². The van der Waals surface area contributed by atoms with Gasteiger partial charge >= 0.3 is 0 Å². The van der Waals surface area contributed by atoms with Crippen molar-refractivity contribution in [1.82, 2.24) is 40.1 Å². The fraction of sp³-hybridized carbons (Fsp3) is 0.250. The number of pyridine rings is 1. The lowest BCUT2D eigenvalue weighted by atomic mass is 9.92. The average molecular weight is 525 g/mol. The van der Waals surface area contributed by atoms with Gasteiger partial charge in [-0.25, -0.2) is 13.8 Å². The molecule has 2 aliphatic rings. The Labute approximate surface area is 213 Å². The third-order valence-electron chi connectivity index (χ3n) is 6.81. The molecule has 0 bridgehead atoms. The number of aliphatic hydroxyl groups is 1. The Hall–Kier alpha value is -4.03. The van der Waals surface area contributed by atoms with Gasteiger partial charge < -0.3 is 15.0 Å². The van der Waals surface area contributed by atoms with Crippen molar-refractivity contribution in [3.05, 3.63) is 76.7 Å². The number of H-pyrrole nitrogens is 1. The standard InChI is InChI=1S/C24H19ClF2N8O2/c25-15-2-4-18(34-11-30-32-33-34)21(23(15)27)12-7-13-1-3-19(35(13)20(37)8-12)24-29-9-16(31-24)14-5-6-28-17(10-36)22(14)26/h2,4-6,8-9,11,13,19,36H,1,3,7,10H2,(H,29,31)/t13-,19?/m1/s1. The molecule has 1 amide bonds. The number of aromatic nitrogens is 7. The molecule has 13 heteroatoms. The van der Waals surface area contributed by atoms with Crippen LogP contribution < -0.4 is 0 Å². The van der Waals surface area contributed by atoms with E-state index >= 15 is 4.39 Å². The summed E-state index contributed by atoms with van der Waals surface area (Å²) < 4.78 is 31.3. The monoisotopic (exact) mass is 524 g/mol. The molecule has 10 nitrogen and oxygen atoms in total. The van der Waals surface area contributed by atoms with Gasteiger partial charge in [0.2, 0.25) is 5.91 Å². The van der Waals surface area contributed by atoms with Crippen LogP contribution in [0.25, 0.3) is 22.5 Å². The molecular weight excluding hydrogens is 506 g/mol. The second-order valence-corrected chi connectivity index (χ2v) is 9.24. The molecule has 5 heterocycles. The fourth-order valence-corrected chi connectivity index (χ4v) is 5.31. The highest BCUT2D eigenvalue weighted by Crippen LogP contribution is 2.44. The number of benzene rings is 1. The Balaban J connectivity index is 1.33. The van der Waals surface area contributed by atoms with Gasteiger partial charge in [0.05, 0.1) is 35.2 Å². The van der Waals surface area contributed by atoms with E-state index in [2.05, 4.69) is 30.5 Å². The van der Waals surface area contributed by atoms with Crippen LogP contribution in [-0.4, -0.2) is 57.1 Å². The summed E-state index contributed by atoms with van der Waals surface area (Å²) in [6.07, 6.45) is 7.37. The fourth-order valence-electron chi connectivity index (χ4n) is 5.15. The molecule has 37 heavy (non-hydrogen) atoms. The van der Waals surface area contributed by atoms with Gasteiger partial charge in [-0.1, -0.05) is 11.6 Å². The van der Waals surface area contributed by atoms with Crippen molar-refractivity contribution in [2.75, 3.05) is 0 Å². The Kier molecular flexibility index (Phi) is 5.76. The van der Waals surface area contributed by atoms with Gasteiger partial charge in [0.25, 0.3) is 0 Å². The SMILES string of the molecule is O=C1C=C(c2c(-n3cnnn3)ccc(Cl)c2F)C[C@H]2CCC(c3ncc(-c4ccnc(CO)c4F)[nH]3)N12. The first kappa shape index (κ1) is 23.4. The zero-order valence-corrected chi connectivity index (χ0v) is 19.9. The molecule has 1 fully saturated rings. The smallest absolute Gasteiger partial charge is 0.247 e. The minimum atomic E-state index is -0.644. The number of nitrogens with zero attached hydrogens (tertiary/aromatic N) is 7. The first-order chi connectivity index (χ1) is 18.0. The van der Waals surface area contributed by atoms with Crippen LogP contribution in [0, 0.1) is 11.6 Å². The van der Waals surface area contributed by atoms with Gasteiger partial charge in [-0.2, -0.15) is 4.68 Å². The number of nitrogens with one attached hydrogen (secondary N) is 1. The first-order valence-electron chi connectivity index (χ1n) is 11.5. The summed E-state index contributed by atoms with van der Waals surface area (Å²) >= 11 is 6.08. The average Bonchev–Trinajstić information content (AvgIpc) is 3.66. The molecule has 0 spiro atoms. The highest BCUT2D eigenvalue weighted by molar-refractivity contribution is 6.31. The van der Waals surface area contributed by atoms with Crippen molar-refractivity contribution in [2.24, 2.45) is 0 Å². The van der Waals surface area contributed by atoms with Crippen molar-refractivity contribution in [3.8, 4) is 16.9 Å². The summed E-state index contributed by atoms with van der Waals surface area (Å²) in [4.78, 5) is 26.5. The molecule has 0 saturated carbocycles. The number of carbonyl (C=O) groups is 1. The summed E-state index contributed by atoms with van der Waals surface area (Å²) in [5.74, 6) is -1.04. The minimum Gasteiger partial charge on any atom is -0.390 e. The number of imidazole rings is 1. The van der Waals surface area contributed by atoms with Crippen molar-refractivity contribution >= 4 is 23.1 Å². The second-order valence-electron chi connectivity index (χ2n) is 8.84. The third kappa shape index (κ3) is 3.89. The molecule has 2 N–H and O–H groups in total. The number of rotatable bonds is 5. The van der Waals surface area contributed by atoms with E-state index in [0.29, 0.717) is 42.0 Å². The molecular formula is C24H19ClF2N8O2. The van der Waals surface area contributed by atoms with E-state index in [-0.39, 0.29) is 39.8 Å². The summed E-state index contributed by atoms with van der Waals surface area (Å²) in [6, 6.07) is 3.98. The van der Waals surface area contributed by atoms with Crippen LogP contribution in [0.5, 0.6) is 0 Å². The highest BCUT2D eigenvalue weighted by atomic mass is 35.5.